The van der Waals surface area contributed by atoms with Crippen LogP contribution in [-0.2, 0) is 6.54 Å². The highest BCUT2D eigenvalue weighted by molar-refractivity contribution is 6.04. The molecular formula is C21H22N4O4. The van der Waals surface area contributed by atoms with Gasteiger partial charge in [0.2, 0.25) is 5.75 Å². The number of aromatic nitrogens is 2. The van der Waals surface area contributed by atoms with Gasteiger partial charge in [-0.2, -0.15) is 0 Å². The van der Waals surface area contributed by atoms with Gasteiger partial charge in [-0.3, -0.25) is 9.78 Å². The van der Waals surface area contributed by atoms with Crippen molar-refractivity contribution in [1.29, 1.82) is 0 Å². The molecule has 0 atom stereocenters. The van der Waals surface area contributed by atoms with E-state index in [4.69, 9.17) is 14.2 Å². The van der Waals surface area contributed by atoms with Crippen LogP contribution >= 0.6 is 0 Å². The smallest absolute Gasteiger partial charge is 0.257 e. The van der Waals surface area contributed by atoms with Crippen molar-refractivity contribution in [3.8, 4) is 17.2 Å². The van der Waals surface area contributed by atoms with Gasteiger partial charge in [0, 0.05) is 30.2 Å². The summed E-state index contributed by atoms with van der Waals surface area (Å²) in [4.78, 5) is 21.1. The molecule has 8 heteroatoms. The largest absolute Gasteiger partial charge is 0.493 e. The summed E-state index contributed by atoms with van der Waals surface area (Å²) in [6.45, 7) is 0.546. The molecule has 0 bridgehead atoms. The fourth-order valence-electron chi connectivity index (χ4n) is 2.67. The van der Waals surface area contributed by atoms with Crippen LogP contribution in [0.4, 0.5) is 11.5 Å². The lowest BCUT2D eigenvalue weighted by Crippen LogP contribution is -2.13. The number of hydrogen-bond acceptors (Lipinski definition) is 7. The molecule has 0 saturated heterocycles. The lowest BCUT2D eigenvalue weighted by molar-refractivity contribution is 0.102. The zero-order chi connectivity index (χ0) is 20.6. The van der Waals surface area contributed by atoms with E-state index >= 15 is 0 Å². The van der Waals surface area contributed by atoms with Crippen LogP contribution < -0.4 is 24.8 Å². The summed E-state index contributed by atoms with van der Waals surface area (Å²) in [7, 11) is 4.56. The highest BCUT2D eigenvalue weighted by Gasteiger charge is 2.15. The Morgan fingerprint density at radius 2 is 1.72 bits per heavy atom. The van der Waals surface area contributed by atoms with Crippen LogP contribution in [0.3, 0.4) is 0 Å². The van der Waals surface area contributed by atoms with Gasteiger partial charge in [0.1, 0.15) is 5.82 Å². The zero-order valence-corrected chi connectivity index (χ0v) is 16.4. The maximum atomic E-state index is 12.6. The molecule has 2 N–H and O–H groups in total. The standard InChI is InChI=1S/C21H22N4O4/c1-27-17-10-16(11-18(28-2)20(17)29-3)25-21(26)14-7-8-19(23-12-14)24-13-15-6-4-5-9-22-15/h4-12H,13H2,1-3H3,(H,23,24)(H,25,26). The quantitative estimate of drug-likeness (QED) is 0.605. The van der Waals surface area contributed by atoms with E-state index in [2.05, 4.69) is 20.6 Å². The molecule has 1 aromatic carbocycles. The van der Waals surface area contributed by atoms with Crippen molar-refractivity contribution in [2.75, 3.05) is 32.0 Å². The van der Waals surface area contributed by atoms with Crippen molar-refractivity contribution in [3.63, 3.8) is 0 Å². The monoisotopic (exact) mass is 394 g/mol. The summed E-state index contributed by atoms with van der Waals surface area (Å²) in [5.74, 6) is 1.71. The number of pyridine rings is 2. The molecule has 0 aliphatic carbocycles. The van der Waals surface area contributed by atoms with Crippen molar-refractivity contribution >= 4 is 17.4 Å². The summed E-state index contributed by atoms with van der Waals surface area (Å²) in [6, 6.07) is 12.5. The molecule has 1 amide bonds. The Balaban J connectivity index is 1.68. The van der Waals surface area contributed by atoms with Crippen LogP contribution in [0, 0.1) is 0 Å². The highest BCUT2D eigenvalue weighted by atomic mass is 16.5. The van der Waals surface area contributed by atoms with Gasteiger partial charge in [0.05, 0.1) is 39.1 Å². The van der Waals surface area contributed by atoms with Crippen molar-refractivity contribution < 1.29 is 19.0 Å². The third kappa shape index (κ3) is 4.92. The molecule has 29 heavy (non-hydrogen) atoms. The molecule has 8 nitrogen and oxygen atoms in total. The Hall–Kier alpha value is -3.81. The summed E-state index contributed by atoms with van der Waals surface area (Å²) in [6.07, 6.45) is 3.25. The fraction of sp³-hybridized carbons (Fsp3) is 0.190. The molecule has 2 heterocycles. The molecule has 0 fully saturated rings. The second-order valence-corrected chi connectivity index (χ2v) is 5.97. The van der Waals surface area contributed by atoms with Crippen molar-refractivity contribution in [2.24, 2.45) is 0 Å². The van der Waals surface area contributed by atoms with E-state index < -0.39 is 0 Å². The van der Waals surface area contributed by atoms with Crippen LogP contribution in [0.5, 0.6) is 17.2 Å². The molecule has 0 aliphatic heterocycles. The molecule has 0 unspecified atom stereocenters. The van der Waals surface area contributed by atoms with E-state index in [-0.39, 0.29) is 5.91 Å². The second kappa shape index (κ2) is 9.41. The first-order valence-corrected chi connectivity index (χ1v) is 8.85. The van der Waals surface area contributed by atoms with E-state index in [9.17, 15) is 4.79 Å². The topological polar surface area (TPSA) is 94.6 Å². The van der Waals surface area contributed by atoms with Crippen molar-refractivity contribution in [1.82, 2.24) is 9.97 Å². The Morgan fingerprint density at radius 3 is 2.28 bits per heavy atom. The minimum absolute atomic E-state index is 0.303. The third-order valence-corrected chi connectivity index (χ3v) is 4.13. The van der Waals surface area contributed by atoms with Gasteiger partial charge in [-0.15, -0.1) is 0 Å². The molecular weight excluding hydrogens is 372 g/mol. The van der Waals surface area contributed by atoms with Gasteiger partial charge < -0.3 is 24.8 Å². The van der Waals surface area contributed by atoms with Crippen molar-refractivity contribution in [2.45, 2.75) is 6.54 Å². The van der Waals surface area contributed by atoms with Crippen molar-refractivity contribution in [3.05, 3.63) is 66.1 Å². The Morgan fingerprint density at radius 1 is 0.966 bits per heavy atom. The number of methoxy groups -OCH3 is 3. The average molecular weight is 394 g/mol. The summed E-state index contributed by atoms with van der Waals surface area (Å²) in [5.41, 5.74) is 1.84. The van der Waals surface area contributed by atoms with Crippen LogP contribution in [0.1, 0.15) is 16.1 Å². The van der Waals surface area contributed by atoms with Gasteiger partial charge in [-0.1, -0.05) is 6.07 Å². The van der Waals surface area contributed by atoms with E-state index in [1.807, 2.05) is 18.2 Å². The zero-order valence-electron chi connectivity index (χ0n) is 16.4. The normalized spacial score (nSPS) is 10.2. The number of carbonyl (C=O) groups is 1. The number of nitrogens with zero attached hydrogens (tertiary/aromatic N) is 2. The Labute approximate surface area is 168 Å². The molecule has 0 radical (unpaired) electrons. The molecule has 2 aromatic heterocycles. The molecule has 0 saturated carbocycles. The number of hydrogen-bond donors (Lipinski definition) is 2. The van der Waals surface area contributed by atoms with Crippen LogP contribution in [0.2, 0.25) is 0 Å². The van der Waals surface area contributed by atoms with Crippen LogP contribution in [-0.4, -0.2) is 37.2 Å². The first-order valence-electron chi connectivity index (χ1n) is 8.85. The molecule has 150 valence electrons. The number of anilines is 2. The molecule has 0 spiro atoms. The molecule has 3 rings (SSSR count). The maximum absolute atomic E-state index is 12.6. The van der Waals surface area contributed by atoms with E-state index in [0.717, 1.165) is 5.69 Å². The SMILES string of the molecule is COc1cc(NC(=O)c2ccc(NCc3ccccn3)nc2)cc(OC)c1OC. The Kier molecular flexibility index (Phi) is 6.47. The van der Waals surface area contributed by atoms with Gasteiger partial charge in [0.25, 0.3) is 5.91 Å². The van der Waals surface area contributed by atoms with Crippen LogP contribution in [0.25, 0.3) is 0 Å². The first-order chi connectivity index (χ1) is 14.1. The number of benzene rings is 1. The summed E-state index contributed by atoms with van der Waals surface area (Å²) >= 11 is 0. The first kappa shape index (κ1) is 19.9. The Bertz CT molecular complexity index is 937. The number of nitrogens with one attached hydrogen (secondary N) is 2. The number of amides is 1. The molecule has 0 aliphatic rings. The van der Waals surface area contributed by atoms with E-state index in [1.54, 1.807) is 30.5 Å². The van der Waals surface area contributed by atoms with E-state index in [0.29, 0.717) is 40.9 Å². The minimum Gasteiger partial charge on any atom is -0.493 e. The van der Waals surface area contributed by atoms with Gasteiger partial charge in [-0.05, 0) is 24.3 Å². The average Bonchev–Trinajstić information content (AvgIpc) is 2.77. The number of carbonyl (C=O) groups excluding carboxylic acids is 1. The predicted molar refractivity (Wildman–Crippen MR) is 110 cm³/mol. The lowest BCUT2D eigenvalue weighted by atomic mass is 10.2. The summed E-state index contributed by atoms with van der Waals surface area (Å²) in [5, 5.41) is 5.98. The number of ether oxygens (including phenoxy) is 3. The van der Waals surface area contributed by atoms with Crippen LogP contribution in [0.15, 0.2) is 54.9 Å². The van der Waals surface area contributed by atoms with Gasteiger partial charge in [0.15, 0.2) is 11.5 Å². The lowest BCUT2D eigenvalue weighted by Gasteiger charge is -2.14. The number of rotatable bonds is 8. The minimum atomic E-state index is -0.303. The summed E-state index contributed by atoms with van der Waals surface area (Å²) < 4.78 is 15.9. The highest BCUT2D eigenvalue weighted by Crippen LogP contribution is 2.40. The fourth-order valence-corrected chi connectivity index (χ4v) is 2.67. The maximum Gasteiger partial charge on any atom is 0.257 e. The third-order valence-electron chi connectivity index (χ3n) is 4.13. The second-order valence-electron chi connectivity index (χ2n) is 5.97. The van der Waals surface area contributed by atoms with E-state index in [1.165, 1.54) is 27.5 Å². The predicted octanol–water partition coefficient (Wildman–Crippen LogP) is 3.37. The van der Waals surface area contributed by atoms with Gasteiger partial charge >= 0.3 is 0 Å². The molecule has 3 aromatic rings. The van der Waals surface area contributed by atoms with Gasteiger partial charge in [-0.25, -0.2) is 4.98 Å².